The molecule has 0 amide bonds. The fourth-order valence-electron chi connectivity index (χ4n) is 3.69. The van der Waals surface area contributed by atoms with Crippen LogP contribution < -0.4 is 5.32 Å². The van der Waals surface area contributed by atoms with Gasteiger partial charge in [-0.15, -0.1) is 0 Å². The van der Waals surface area contributed by atoms with Crippen LogP contribution in [0, 0.1) is 0 Å². The van der Waals surface area contributed by atoms with Gasteiger partial charge in [-0.2, -0.15) is 0 Å². The maximum Gasteiger partial charge on any atom is 0.161 e. The highest BCUT2D eigenvalue weighted by atomic mass is 32.2. The third-order valence-electron chi connectivity index (χ3n) is 5.25. The van der Waals surface area contributed by atoms with E-state index >= 15 is 0 Å². The highest BCUT2D eigenvalue weighted by molar-refractivity contribution is 7.91. The van der Waals surface area contributed by atoms with Crippen molar-refractivity contribution in [3.63, 3.8) is 0 Å². The van der Waals surface area contributed by atoms with Gasteiger partial charge in [0.05, 0.1) is 11.5 Å². The highest BCUT2D eigenvalue weighted by Crippen LogP contribution is 2.29. The van der Waals surface area contributed by atoms with Gasteiger partial charge < -0.3 is 10.2 Å². The number of aromatic nitrogens is 3. The summed E-state index contributed by atoms with van der Waals surface area (Å²) in [6.45, 7) is 3.03. The Labute approximate surface area is 160 Å². The number of aryl methyl sites for hydroxylation is 1. The number of rotatable bonds is 6. The average molecular weight is 388 g/mol. The van der Waals surface area contributed by atoms with Gasteiger partial charge >= 0.3 is 0 Å². The molecule has 0 saturated carbocycles. The minimum absolute atomic E-state index is 0.287. The molecule has 0 atom stereocenters. The van der Waals surface area contributed by atoms with Crippen LogP contribution in [0.5, 0.6) is 0 Å². The molecule has 2 aromatic rings. The van der Waals surface area contributed by atoms with E-state index in [1.807, 2.05) is 12.1 Å². The van der Waals surface area contributed by atoms with Crippen molar-refractivity contribution in [2.45, 2.75) is 25.7 Å². The van der Waals surface area contributed by atoms with Gasteiger partial charge in [-0.05, 0) is 44.4 Å². The van der Waals surface area contributed by atoms with E-state index in [4.69, 9.17) is 9.97 Å². The van der Waals surface area contributed by atoms with Crippen LogP contribution in [0.3, 0.4) is 0 Å². The zero-order valence-corrected chi connectivity index (χ0v) is 16.2. The SMILES string of the molecule is O=S1(=O)CCN(CCCNc2nc(-c3ccncc3)nc3c2CCC3)CC1. The van der Waals surface area contributed by atoms with Gasteiger partial charge in [0.15, 0.2) is 15.7 Å². The molecule has 3 heterocycles. The maximum absolute atomic E-state index is 11.5. The third-order valence-corrected chi connectivity index (χ3v) is 6.86. The molecule has 27 heavy (non-hydrogen) atoms. The smallest absolute Gasteiger partial charge is 0.161 e. The van der Waals surface area contributed by atoms with Crippen molar-refractivity contribution in [1.82, 2.24) is 19.9 Å². The van der Waals surface area contributed by atoms with Crippen molar-refractivity contribution in [2.75, 3.05) is 43.0 Å². The summed E-state index contributed by atoms with van der Waals surface area (Å²) in [4.78, 5) is 15.8. The van der Waals surface area contributed by atoms with E-state index in [2.05, 4.69) is 15.2 Å². The Hall–Kier alpha value is -2.06. The van der Waals surface area contributed by atoms with E-state index in [0.29, 0.717) is 13.1 Å². The summed E-state index contributed by atoms with van der Waals surface area (Å²) in [6.07, 6.45) is 7.64. The highest BCUT2D eigenvalue weighted by Gasteiger charge is 2.22. The number of sulfone groups is 1. The minimum atomic E-state index is -2.81. The largest absolute Gasteiger partial charge is 0.370 e. The number of pyridine rings is 1. The molecule has 1 aliphatic heterocycles. The Morgan fingerprint density at radius 1 is 1.07 bits per heavy atom. The third kappa shape index (κ3) is 4.44. The zero-order valence-electron chi connectivity index (χ0n) is 15.4. The number of nitrogens with zero attached hydrogens (tertiary/aromatic N) is 4. The Morgan fingerprint density at radius 2 is 1.85 bits per heavy atom. The molecule has 0 bridgehead atoms. The molecule has 1 fully saturated rings. The summed E-state index contributed by atoms with van der Waals surface area (Å²) >= 11 is 0. The summed E-state index contributed by atoms with van der Waals surface area (Å²) in [5, 5.41) is 3.50. The molecule has 144 valence electrons. The second kappa shape index (κ2) is 7.90. The Kier molecular flexibility index (Phi) is 5.36. The Bertz CT molecular complexity index is 888. The Balaban J connectivity index is 1.38. The fourth-order valence-corrected chi connectivity index (χ4v) is 4.97. The molecular formula is C19H25N5O2S. The molecule has 0 radical (unpaired) electrons. The normalized spacial score (nSPS) is 19.0. The second-order valence-electron chi connectivity index (χ2n) is 7.18. The predicted octanol–water partition coefficient (Wildman–Crippen LogP) is 1.56. The van der Waals surface area contributed by atoms with Gasteiger partial charge in [0.2, 0.25) is 0 Å². The van der Waals surface area contributed by atoms with E-state index < -0.39 is 9.84 Å². The lowest BCUT2D eigenvalue weighted by atomic mass is 10.2. The van der Waals surface area contributed by atoms with Crippen molar-refractivity contribution >= 4 is 15.7 Å². The Morgan fingerprint density at radius 3 is 2.63 bits per heavy atom. The summed E-state index contributed by atoms with van der Waals surface area (Å²) in [5.74, 6) is 2.27. The van der Waals surface area contributed by atoms with E-state index in [1.54, 1.807) is 12.4 Å². The lowest BCUT2D eigenvalue weighted by molar-refractivity contribution is 0.294. The summed E-state index contributed by atoms with van der Waals surface area (Å²) in [5.41, 5.74) is 3.38. The van der Waals surface area contributed by atoms with Crippen molar-refractivity contribution < 1.29 is 8.42 Å². The van der Waals surface area contributed by atoms with Crippen molar-refractivity contribution in [1.29, 1.82) is 0 Å². The quantitative estimate of drug-likeness (QED) is 0.753. The summed E-state index contributed by atoms with van der Waals surface area (Å²) in [6, 6.07) is 3.87. The zero-order chi connectivity index (χ0) is 18.7. The average Bonchev–Trinajstić information content (AvgIpc) is 3.16. The van der Waals surface area contributed by atoms with E-state index in [-0.39, 0.29) is 11.5 Å². The van der Waals surface area contributed by atoms with E-state index in [0.717, 1.165) is 61.7 Å². The van der Waals surface area contributed by atoms with Crippen LogP contribution in [-0.4, -0.2) is 66.0 Å². The molecule has 2 aromatic heterocycles. The van der Waals surface area contributed by atoms with Crippen LogP contribution in [0.15, 0.2) is 24.5 Å². The van der Waals surface area contributed by atoms with Gasteiger partial charge in [0, 0.05) is 48.8 Å². The van der Waals surface area contributed by atoms with Crippen LogP contribution in [0.2, 0.25) is 0 Å². The molecule has 0 unspecified atom stereocenters. The van der Waals surface area contributed by atoms with Crippen molar-refractivity contribution in [3.05, 3.63) is 35.8 Å². The van der Waals surface area contributed by atoms with Gasteiger partial charge in [-0.3, -0.25) is 4.98 Å². The number of hydrogen-bond donors (Lipinski definition) is 1. The maximum atomic E-state index is 11.5. The fraction of sp³-hybridized carbons (Fsp3) is 0.526. The number of fused-ring (bicyclic) bond motifs is 1. The first-order valence-corrected chi connectivity index (χ1v) is 11.4. The second-order valence-corrected chi connectivity index (χ2v) is 9.49. The monoisotopic (exact) mass is 387 g/mol. The minimum Gasteiger partial charge on any atom is -0.370 e. The van der Waals surface area contributed by atoms with Gasteiger partial charge in [0.25, 0.3) is 0 Å². The number of anilines is 1. The molecule has 2 aliphatic rings. The van der Waals surface area contributed by atoms with Crippen LogP contribution in [-0.2, 0) is 22.7 Å². The lowest BCUT2D eigenvalue weighted by Crippen LogP contribution is -2.41. The first kappa shape index (κ1) is 18.3. The van der Waals surface area contributed by atoms with Crippen molar-refractivity contribution in [2.24, 2.45) is 0 Å². The molecule has 7 nitrogen and oxygen atoms in total. The standard InChI is InChI=1S/C19H25N5O2S/c25-27(26)13-11-24(12-14-27)10-2-7-21-19-16-3-1-4-17(16)22-18(23-19)15-5-8-20-9-6-15/h5-6,8-9H,1-4,7,10-14H2,(H,21,22,23). The molecule has 0 spiro atoms. The topological polar surface area (TPSA) is 88.1 Å². The molecule has 1 N–H and O–H groups in total. The molecular weight excluding hydrogens is 362 g/mol. The van der Waals surface area contributed by atoms with Crippen LogP contribution in [0.1, 0.15) is 24.1 Å². The molecule has 0 aromatic carbocycles. The van der Waals surface area contributed by atoms with Crippen LogP contribution in [0.25, 0.3) is 11.4 Å². The predicted molar refractivity (Wildman–Crippen MR) is 105 cm³/mol. The first-order chi connectivity index (χ1) is 13.1. The van der Waals surface area contributed by atoms with Crippen LogP contribution in [0.4, 0.5) is 5.82 Å². The number of nitrogens with one attached hydrogen (secondary N) is 1. The molecule has 1 aliphatic carbocycles. The molecule has 8 heteroatoms. The van der Waals surface area contributed by atoms with Crippen LogP contribution >= 0.6 is 0 Å². The van der Waals surface area contributed by atoms with Gasteiger partial charge in [0.1, 0.15) is 5.82 Å². The van der Waals surface area contributed by atoms with E-state index in [9.17, 15) is 8.42 Å². The molecule has 1 saturated heterocycles. The summed E-state index contributed by atoms with van der Waals surface area (Å²) in [7, 11) is -2.81. The van der Waals surface area contributed by atoms with Gasteiger partial charge in [-0.25, -0.2) is 18.4 Å². The molecule has 4 rings (SSSR count). The number of hydrogen-bond acceptors (Lipinski definition) is 7. The van der Waals surface area contributed by atoms with E-state index in [1.165, 1.54) is 5.56 Å². The van der Waals surface area contributed by atoms with Gasteiger partial charge in [-0.1, -0.05) is 0 Å². The summed E-state index contributed by atoms with van der Waals surface area (Å²) < 4.78 is 23.0. The van der Waals surface area contributed by atoms with Crippen molar-refractivity contribution in [3.8, 4) is 11.4 Å². The lowest BCUT2D eigenvalue weighted by Gasteiger charge is -2.26. The first-order valence-electron chi connectivity index (χ1n) is 9.57.